The molecule has 2 heterocycles. The second kappa shape index (κ2) is 5.41. The van der Waals surface area contributed by atoms with E-state index in [0.717, 1.165) is 11.5 Å². The minimum absolute atomic E-state index is 0.347. The zero-order valence-corrected chi connectivity index (χ0v) is 11.5. The first-order valence-electron chi connectivity index (χ1n) is 6.56. The number of ether oxygens (including phenoxy) is 2. The Bertz CT molecular complexity index is 418. The molecular weight excluding hydrogens is 246 g/mol. The third-order valence-electron chi connectivity index (χ3n) is 3.54. The zero-order chi connectivity index (χ0) is 12.4. The van der Waals surface area contributed by atoms with Crippen molar-refractivity contribution in [3.8, 4) is 11.5 Å². The normalized spacial score (nSPS) is 23.9. The highest BCUT2D eigenvalue weighted by molar-refractivity contribution is 7.99. The molecule has 1 fully saturated rings. The minimum Gasteiger partial charge on any atom is -0.454 e. The predicted molar refractivity (Wildman–Crippen MR) is 74.5 cm³/mol. The number of hydrogen-bond donors (Lipinski definition) is 1. The smallest absolute Gasteiger partial charge is 0.231 e. The van der Waals surface area contributed by atoms with Crippen LogP contribution in [0.1, 0.15) is 31.4 Å². The van der Waals surface area contributed by atoms with Gasteiger partial charge in [-0.15, -0.1) is 0 Å². The Morgan fingerprint density at radius 3 is 3.06 bits per heavy atom. The Labute approximate surface area is 112 Å². The monoisotopic (exact) mass is 265 g/mol. The number of fused-ring (bicyclic) bond motifs is 1. The van der Waals surface area contributed by atoms with Gasteiger partial charge in [-0.1, -0.05) is 6.07 Å². The average molecular weight is 265 g/mol. The Balaban J connectivity index is 1.66. The van der Waals surface area contributed by atoms with Gasteiger partial charge in [0, 0.05) is 17.8 Å². The molecule has 0 bridgehead atoms. The second-order valence-electron chi connectivity index (χ2n) is 4.92. The lowest BCUT2D eigenvalue weighted by Crippen LogP contribution is -2.35. The molecular formula is C14H19NO2S. The van der Waals surface area contributed by atoms with Crippen LogP contribution in [-0.2, 0) is 0 Å². The number of thioether (sulfide) groups is 1. The molecule has 0 spiro atoms. The highest BCUT2D eigenvalue weighted by Gasteiger charge is 2.19. The van der Waals surface area contributed by atoms with Crippen LogP contribution >= 0.6 is 11.8 Å². The SMILES string of the molecule is CC(NC1CCCSC1)c1ccc2c(c1)OCO2. The van der Waals surface area contributed by atoms with Gasteiger partial charge in [-0.25, -0.2) is 0 Å². The van der Waals surface area contributed by atoms with Crippen LogP contribution in [0, 0.1) is 0 Å². The summed E-state index contributed by atoms with van der Waals surface area (Å²) in [6.07, 6.45) is 2.62. The van der Waals surface area contributed by atoms with Gasteiger partial charge in [-0.2, -0.15) is 11.8 Å². The van der Waals surface area contributed by atoms with Crippen LogP contribution in [0.4, 0.5) is 0 Å². The maximum atomic E-state index is 5.43. The maximum absolute atomic E-state index is 5.43. The van der Waals surface area contributed by atoms with E-state index in [-0.39, 0.29) is 0 Å². The van der Waals surface area contributed by atoms with Crippen LogP contribution in [0.2, 0.25) is 0 Å². The van der Waals surface area contributed by atoms with Crippen molar-refractivity contribution in [2.75, 3.05) is 18.3 Å². The molecule has 2 aliphatic heterocycles. The third kappa shape index (κ3) is 2.59. The van der Waals surface area contributed by atoms with E-state index in [1.807, 2.05) is 6.07 Å². The van der Waals surface area contributed by atoms with E-state index >= 15 is 0 Å². The molecule has 0 amide bonds. The van der Waals surface area contributed by atoms with Crippen LogP contribution in [0.3, 0.4) is 0 Å². The summed E-state index contributed by atoms with van der Waals surface area (Å²) in [5.41, 5.74) is 1.27. The van der Waals surface area contributed by atoms with Crippen LogP contribution in [0.15, 0.2) is 18.2 Å². The first-order chi connectivity index (χ1) is 8.83. The van der Waals surface area contributed by atoms with E-state index < -0.39 is 0 Å². The van der Waals surface area contributed by atoms with Crippen LogP contribution in [0.25, 0.3) is 0 Å². The Hall–Kier alpha value is -0.870. The van der Waals surface area contributed by atoms with Crippen molar-refractivity contribution in [2.45, 2.75) is 31.8 Å². The lowest BCUT2D eigenvalue weighted by Gasteiger charge is -2.26. The number of rotatable bonds is 3. The molecule has 2 unspecified atom stereocenters. The molecule has 0 aliphatic carbocycles. The van der Waals surface area contributed by atoms with E-state index in [1.165, 1.54) is 29.9 Å². The Morgan fingerprint density at radius 1 is 1.33 bits per heavy atom. The highest BCUT2D eigenvalue weighted by Crippen LogP contribution is 2.34. The number of hydrogen-bond acceptors (Lipinski definition) is 4. The van der Waals surface area contributed by atoms with Gasteiger partial charge in [0.2, 0.25) is 6.79 Å². The number of benzene rings is 1. The summed E-state index contributed by atoms with van der Waals surface area (Å²) in [7, 11) is 0. The van der Waals surface area contributed by atoms with E-state index in [2.05, 4.69) is 36.1 Å². The van der Waals surface area contributed by atoms with Crippen molar-refractivity contribution in [1.82, 2.24) is 5.32 Å². The molecule has 1 N–H and O–H groups in total. The van der Waals surface area contributed by atoms with Crippen LogP contribution in [-0.4, -0.2) is 24.3 Å². The molecule has 1 saturated heterocycles. The average Bonchev–Trinajstić information content (AvgIpc) is 2.87. The summed E-state index contributed by atoms with van der Waals surface area (Å²) in [5, 5.41) is 3.71. The molecule has 98 valence electrons. The minimum atomic E-state index is 0.347. The predicted octanol–water partition coefficient (Wildman–Crippen LogP) is 2.96. The fourth-order valence-electron chi connectivity index (χ4n) is 2.50. The highest BCUT2D eigenvalue weighted by atomic mass is 32.2. The van der Waals surface area contributed by atoms with Gasteiger partial charge in [0.15, 0.2) is 11.5 Å². The van der Waals surface area contributed by atoms with Gasteiger partial charge in [0.05, 0.1) is 0 Å². The fourth-order valence-corrected chi connectivity index (χ4v) is 3.59. The van der Waals surface area contributed by atoms with Gasteiger partial charge >= 0.3 is 0 Å². The Kier molecular flexibility index (Phi) is 3.66. The van der Waals surface area contributed by atoms with Crippen LogP contribution in [0.5, 0.6) is 11.5 Å². The third-order valence-corrected chi connectivity index (χ3v) is 4.76. The lowest BCUT2D eigenvalue weighted by molar-refractivity contribution is 0.174. The fraction of sp³-hybridized carbons (Fsp3) is 0.571. The lowest BCUT2D eigenvalue weighted by atomic mass is 10.1. The molecule has 4 heteroatoms. The van der Waals surface area contributed by atoms with Gasteiger partial charge in [0.1, 0.15) is 0 Å². The molecule has 1 aromatic carbocycles. The van der Waals surface area contributed by atoms with E-state index in [9.17, 15) is 0 Å². The van der Waals surface area contributed by atoms with Crippen molar-refractivity contribution in [3.63, 3.8) is 0 Å². The molecule has 3 nitrogen and oxygen atoms in total. The first kappa shape index (κ1) is 12.2. The first-order valence-corrected chi connectivity index (χ1v) is 7.72. The second-order valence-corrected chi connectivity index (χ2v) is 6.06. The molecule has 2 atom stereocenters. The summed E-state index contributed by atoms with van der Waals surface area (Å²) < 4.78 is 10.8. The van der Waals surface area contributed by atoms with E-state index in [1.54, 1.807) is 0 Å². The van der Waals surface area contributed by atoms with Crippen molar-refractivity contribution in [3.05, 3.63) is 23.8 Å². The quantitative estimate of drug-likeness (QED) is 0.910. The largest absolute Gasteiger partial charge is 0.454 e. The zero-order valence-electron chi connectivity index (χ0n) is 10.6. The Morgan fingerprint density at radius 2 is 2.22 bits per heavy atom. The van der Waals surface area contributed by atoms with E-state index in [0.29, 0.717) is 18.9 Å². The molecule has 18 heavy (non-hydrogen) atoms. The summed E-state index contributed by atoms with van der Waals surface area (Å²) >= 11 is 2.05. The molecule has 0 radical (unpaired) electrons. The van der Waals surface area contributed by atoms with Crippen molar-refractivity contribution in [1.29, 1.82) is 0 Å². The van der Waals surface area contributed by atoms with Gasteiger partial charge in [0.25, 0.3) is 0 Å². The molecule has 1 aromatic rings. The molecule has 2 aliphatic rings. The molecule has 0 saturated carbocycles. The molecule has 3 rings (SSSR count). The topological polar surface area (TPSA) is 30.5 Å². The summed E-state index contributed by atoms with van der Waals surface area (Å²) in [6, 6.07) is 7.23. The van der Waals surface area contributed by atoms with Gasteiger partial charge < -0.3 is 14.8 Å². The van der Waals surface area contributed by atoms with Crippen molar-refractivity contribution < 1.29 is 9.47 Å². The van der Waals surface area contributed by atoms with Gasteiger partial charge in [-0.05, 0) is 43.2 Å². The van der Waals surface area contributed by atoms with Crippen molar-refractivity contribution in [2.24, 2.45) is 0 Å². The van der Waals surface area contributed by atoms with Gasteiger partial charge in [-0.3, -0.25) is 0 Å². The standard InChI is InChI=1S/C14H19NO2S/c1-10(15-12-3-2-6-18-8-12)11-4-5-13-14(7-11)17-9-16-13/h4-5,7,10,12,15H,2-3,6,8-9H2,1H3. The molecule has 0 aromatic heterocycles. The maximum Gasteiger partial charge on any atom is 0.231 e. The van der Waals surface area contributed by atoms with Crippen LogP contribution < -0.4 is 14.8 Å². The summed E-state index contributed by atoms with van der Waals surface area (Å²) in [5.74, 6) is 4.28. The summed E-state index contributed by atoms with van der Waals surface area (Å²) in [6.45, 7) is 2.57. The van der Waals surface area contributed by atoms with Crippen molar-refractivity contribution >= 4 is 11.8 Å². The summed E-state index contributed by atoms with van der Waals surface area (Å²) in [4.78, 5) is 0. The number of nitrogens with one attached hydrogen (secondary N) is 1. The van der Waals surface area contributed by atoms with E-state index in [4.69, 9.17) is 9.47 Å².